The number of ether oxygens (including phenoxy) is 2. The highest BCUT2D eigenvalue weighted by Crippen LogP contribution is 2.33. The van der Waals surface area contributed by atoms with Gasteiger partial charge in [-0.1, -0.05) is 23.7 Å². The van der Waals surface area contributed by atoms with Crippen molar-refractivity contribution in [3.8, 4) is 22.8 Å². The molecule has 0 saturated carbocycles. The average molecular weight is 421 g/mol. The first kappa shape index (κ1) is 20.0. The summed E-state index contributed by atoms with van der Waals surface area (Å²) < 4.78 is 17.4. The molecule has 0 N–H and O–H groups in total. The quantitative estimate of drug-likeness (QED) is 0.379. The SMILES string of the molecule is COc1ccc(-c2oc3cc(C)c(C)cc3c(=O)c2OCc2cccc(Cl)c2)cc1. The van der Waals surface area contributed by atoms with Crippen LogP contribution in [0.1, 0.15) is 16.7 Å². The summed E-state index contributed by atoms with van der Waals surface area (Å²) in [6, 6.07) is 18.4. The van der Waals surface area contributed by atoms with Crippen molar-refractivity contribution in [3.63, 3.8) is 0 Å². The molecule has 1 heterocycles. The van der Waals surface area contributed by atoms with E-state index >= 15 is 0 Å². The molecule has 1 aromatic heterocycles. The van der Waals surface area contributed by atoms with Crippen LogP contribution < -0.4 is 14.9 Å². The highest BCUT2D eigenvalue weighted by Gasteiger charge is 2.19. The molecule has 0 bridgehead atoms. The highest BCUT2D eigenvalue weighted by molar-refractivity contribution is 6.30. The van der Waals surface area contributed by atoms with E-state index in [1.807, 2.05) is 68.4 Å². The van der Waals surface area contributed by atoms with Crippen LogP contribution in [0.25, 0.3) is 22.3 Å². The molecule has 5 heteroatoms. The lowest BCUT2D eigenvalue weighted by Crippen LogP contribution is -2.10. The van der Waals surface area contributed by atoms with Gasteiger partial charge in [0.1, 0.15) is 17.9 Å². The zero-order valence-corrected chi connectivity index (χ0v) is 17.7. The molecule has 30 heavy (non-hydrogen) atoms. The molecule has 0 fully saturated rings. The van der Waals surface area contributed by atoms with E-state index in [1.165, 1.54) is 0 Å². The van der Waals surface area contributed by atoms with Crippen LogP contribution in [0.2, 0.25) is 5.02 Å². The molecule has 0 spiro atoms. The number of aryl methyl sites for hydroxylation is 2. The average Bonchev–Trinajstić information content (AvgIpc) is 2.74. The third-order valence-electron chi connectivity index (χ3n) is 5.09. The first-order chi connectivity index (χ1) is 14.5. The van der Waals surface area contributed by atoms with E-state index in [9.17, 15) is 4.79 Å². The summed E-state index contributed by atoms with van der Waals surface area (Å²) in [5.74, 6) is 1.28. The van der Waals surface area contributed by atoms with Gasteiger partial charge < -0.3 is 13.9 Å². The van der Waals surface area contributed by atoms with Crippen LogP contribution in [0, 0.1) is 13.8 Å². The number of hydrogen-bond donors (Lipinski definition) is 0. The third-order valence-corrected chi connectivity index (χ3v) is 5.32. The fourth-order valence-electron chi connectivity index (χ4n) is 3.28. The van der Waals surface area contributed by atoms with E-state index < -0.39 is 0 Å². The summed E-state index contributed by atoms with van der Waals surface area (Å²) in [6.45, 7) is 4.16. The summed E-state index contributed by atoms with van der Waals surface area (Å²) in [7, 11) is 1.61. The topological polar surface area (TPSA) is 48.7 Å². The van der Waals surface area contributed by atoms with E-state index in [1.54, 1.807) is 13.2 Å². The van der Waals surface area contributed by atoms with Crippen molar-refractivity contribution >= 4 is 22.6 Å². The van der Waals surface area contributed by atoms with E-state index in [0.717, 1.165) is 28.0 Å². The summed E-state index contributed by atoms with van der Waals surface area (Å²) in [5.41, 5.74) is 4.00. The Balaban J connectivity index is 1.86. The number of fused-ring (bicyclic) bond motifs is 1. The molecule has 3 aromatic carbocycles. The van der Waals surface area contributed by atoms with Crippen molar-refractivity contribution in [1.29, 1.82) is 0 Å². The molecule has 0 saturated heterocycles. The summed E-state index contributed by atoms with van der Waals surface area (Å²) in [5, 5.41) is 1.11. The number of benzene rings is 3. The Kier molecular flexibility index (Phi) is 5.51. The predicted octanol–water partition coefficient (Wildman–Crippen LogP) is 6.32. The lowest BCUT2D eigenvalue weighted by molar-refractivity contribution is 0.298. The smallest absolute Gasteiger partial charge is 0.235 e. The van der Waals surface area contributed by atoms with Crippen molar-refractivity contribution in [2.75, 3.05) is 7.11 Å². The number of hydrogen-bond acceptors (Lipinski definition) is 4. The van der Waals surface area contributed by atoms with Crippen molar-refractivity contribution in [2.24, 2.45) is 0 Å². The van der Waals surface area contributed by atoms with Crippen molar-refractivity contribution in [1.82, 2.24) is 0 Å². The van der Waals surface area contributed by atoms with Crippen LogP contribution in [0.15, 0.2) is 69.9 Å². The molecule has 0 aliphatic rings. The molecule has 152 valence electrons. The first-order valence-electron chi connectivity index (χ1n) is 9.56. The number of halogens is 1. The second-order valence-corrected chi connectivity index (χ2v) is 7.61. The van der Waals surface area contributed by atoms with Gasteiger partial charge in [-0.15, -0.1) is 0 Å². The monoisotopic (exact) mass is 420 g/mol. The van der Waals surface area contributed by atoms with Gasteiger partial charge in [0.05, 0.1) is 12.5 Å². The Morgan fingerprint density at radius 3 is 2.40 bits per heavy atom. The van der Waals surface area contributed by atoms with Gasteiger partial charge in [-0.3, -0.25) is 4.79 Å². The second kappa shape index (κ2) is 8.25. The minimum absolute atomic E-state index is 0.177. The Hall–Kier alpha value is -3.24. The summed E-state index contributed by atoms with van der Waals surface area (Å²) in [4.78, 5) is 13.4. The molecule has 0 atom stereocenters. The molecule has 0 aliphatic heterocycles. The van der Waals surface area contributed by atoms with Crippen molar-refractivity contribution in [3.05, 3.63) is 92.6 Å². The maximum atomic E-state index is 13.4. The lowest BCUT2D eigenvalue weighted by atomic mass is 10.0. The third kappa shape index (κ3) is 3.91. The molecular formula is C25H21ClO4. The molecule has 0 amide bonds. The van der Waals surface area contributed by atoms with E-state index in [2.05, 4.69) is 0 Å². The fourth-order valence-corrected chi connectivity index (χ4v) is 3.49. The maximum Gasteiger partial charge on any atom is 0.235 e. The standard InChI is InChI=1S/C25H21ClO4/c1-15-11-21-22(12-16(15)2)30-24(18-7-9-20(28-3)10-8-18)25(23(21)27)29-14-17-5-4-6-19(26)13-17/h4-13H,14H2,1-3H3. The highest BCUT2D eigenvalue weighted by atomic mass is 35.5. The second-order valence-electron chi connectivity index (χ2n) is 7.17. The Morgan fingerprint density at radius 1 is 0.967 bits per heavy atom. The minimum atomic E-state index is -0.202. The molecule has 4 aromatic rings. The van der Waals surface area contributed by atoms with Crippen LogP contribution in [0.4, 0.5) is 0 Å². The van der Waals surface area contributed by atoms with Crippen LogP contribution in [0.3, 0.4) is 0 Å². The Morgan fingerprint density at radius 2 is 1.70 bits per heavy atom. The van der Waals surface area contributed by atoms with Gasteiger partial charge in [0.15, 0.2) is 5.76 Å². The van der Waals surface area contributed by atoms with Crippen LogP contribution in [-0.2, 0) is 6.61 Å². The Bertz CT molecular complexity index is 1270. The minimum Gasteiger partial charge on any atom is -0.497 e. The van der Waals surface area contributed by atoms with Gasteiger partial charge in [0, 0.05) is 10.6 Å². The van der Waals surface area contributed by atoms with Crippen molar-refractivity contribution < 1.29 is 13.9 Å². The fraction of sp³-hybridized carbons (Fsp3) is 0.160. The summed E-state index contributed by atoms with van der Waals surface area (Å²) >= 11 is 6.08. The van der Waals surface area contributed by atoms with Gasteiger partial charge in [-0.05, 0) is 79.1 Å². The van der Waals surface area contributed by atoms with Crippen LogP contribution in [0.5, 0.6) is 11.5 Å². The van der Waals surface area contributed by atoms with E-state index in [0.29, 0.717) is 21.8 Å². The molecule has 0 radical (unpaired) electrons. The normalized spacial score (nSPS) is 10.9. The maximum absolute atomic E-state index is 13.4. The number of methoxy groups -OCH3 is 1. The molecule has 0 unspecified atom stereocenters. The van der Waals surface area contributed by atoms with E-state index in [-0.39, 0.29) is 17.8 Å². The Labute approximate surface area is 179 Å². The van der Waals surface area contributed by atoms with Gasteiger partial charge in [-0.2, -0.15) is 0 Å². The van der Waals surface area contributed by atoms with Crippen LogP contribution >= 0.6 is 11.6 Å². The van der Waals surface area contributed by atoms with Gasteiger partial charge in [-0.25, -0.2) is 0 Å². The first-order valence-corrected chi connectivity index (χ1v) is 9.94. The molecule has 4 nitrogen and oxygen atoms in total. The largest absolute Gasteiger partial charge is 0.497 e. The van der Waals surface area contributed by atoms with Gasteiger partial charge >= 0.3 is 0 Å². The predicted molar refractivity (Wildman–Crippen MR) is 120 cm³/mol. The van der Waals surface area contributed by atoms with Crippen molar-refractivity contribution in [2.45, 2.75) is 20.5 Å². The van der Waals surface area contributed by atoms with E-state index in [4.69, 9.17) is 25.5 Å². The number of rotatable bonds is 5. The van der Waals surface area contributed by atoms with Crippen LogP contribution in [-0.4, -0.2) is 7.11 Å². The lowest BCUT2D eigenvalue weighted by Gasteiger charge is -2.13. The van der Waals surface area contributed by atoms with Gasteiger partial charge in [0.2, 0.25) is 11.2 Å². The van der Waals surface area contributed by atoms with Gasteiger partial charge in [0.25, 0.3) is 0 Å². The zero-order valence-electron chi connectivity index (χ0n) is 17.0. The zero-order chi connectivity index (χ0) is 21.3. The summed E-state index contributed by atoms with van der Waals surface area (Å²) in [6.07, 6.45) is 0. The molecule has 0 aliphatic carbocycles. The molecular weight excluding hydrogens is 400 g/mol. The molecule has 4 rings (SSSR count).